The number of amides is 2. The van der Waals surface area contributed by atoms with Crippen LogP contribution >= 0.6 is 0 Å². The molecule has 2 atom stereocenters. The summed E-state index contributed by atoms with van der Waals surface area (Å²) in [5.41, 5.74) is 6.74. The van der Waals surface area contributed by atoms with Gasteiger partial charge >= 0.3 is 20.4 Å². The van der Waals surface area contributed by atoms with Crippen molar-refractivity contribution in [2.24, 2.45) is 9.98 Å². The second-order valence-corrected chi connectivity index (χ2v) is 11.5. The Morgan fingerprint density at radius 2 is 1.02 bits per heavy atom. The van der Waals surface area contributed by atoms with Crippen molar-refractivity contribution >= 4 is 46.2 Å². The van der Waals surface area contributed by atoms with Gasteiger partial charge in [0.05, 0.1) is 34.9 Å². The van der Waals surface area contributed by atoms with Crippen LogP contribution in [0.1, 0.15) is 61.8 Å². The van der Waals surface area contributed by atoms with Crippen LogP contribution in [0.15, 0.2) is 34.3 Å². The van der Waals surface area contributed by atoms with Crippen LogP contribution in [0.25, 0.3) is 5.32 Å². The molecule has 0 aliphatic carbocycles. The van der Waals surface area contributed by atoms with Gasteiger partial charge in [-0.25, -0.2) is 0 Å². The molecule has 0 bridgehead atoms. The van der Waals surface area contributed by atoms with Gasteiger partial charge in [-0.3, -0.25) is 29.2 Å². The Hall–Kier alpha value is -3.72. The van der Waals surface area contributed by atoms with Crippen LogP contribution in [0.3, 0.4) is 0 Å². The third-order valence-corrected chi connectivity index (χ3v) is 7.54. The summed E-state index contributed by atoms with van der Waals surface area (Å²) < 4.78 is 11.5. The SMILES string of the molecule is CC(=Nc1c(C)cc(OCC(=O)C2CCC(=O)N2)cc1C)C(C)=Nc1c(C)cc(OCC(=O)C2CCC(=O)N2)cc1C.C[N-]C.[CH3-].[Pd+2]. The first-order valence-electron chi connectivity index (χ1n) is 15.0. The number of nitrogens with zero attached hydrogens (tertiary/aromatic N) is 3. The Morgan fingerprint density at radius 3 is 1.28 bits per heavy atom. The number of benzene rings is 2. The molecule has 12 heteroatoms. The predicted molar refractivity (Wildman–Crippen MR) is 182 cm³/mol. The van der Waals surface area contributed by atoms with Gasteiger partial charge in [0.1, 0.15) is 24.7 Å². The molecule has 2 aromatic carbocycles. The van der Waals surface area contributed by atoms with Crippen LogP contribution in [-0.4, -0.2) is 74.2 Å². The van der Waals surface area contributed by atoms with E-state index < -0.39 is 12.1 Å². The van der Waals surface area contributed by atoms with Gasteiger partial charge in [-0.15, -0.1) is 0 Å². The van der Waals surface area contributed by atoms with E-state index in [9.17, 15) is 19.2 Å². The van der Waals surface area contributed by atoms with Gasteiger partial charge in [0.25, 0.3) is 0 Å². The molecule has 258 valence electrons. The molecule has 2 fully saturated rings. The summed E-state index contributed by atoms with van der Waals surface area (Å²) in [4.78, 5) is 57.2. The fourth-order valence-electron chi connectivity index (χ4n) is 5.07. The van der Waals surface area contributed by atoms with Gasteiger partial charge in [-0.05, 0) is 101 Å². The van der Waals surface area contributed by atoms with Crippen LogP contribution in [0.5, 0.6) is 11.5 Å². The van der Waals surface area contributed by atoms with Crippen molar-refractivity contribution in [2.75, 3.05) is 27.3 Å². The Kier molecular flexibility index (Phi) is 16.9. The number of hydrogen-bond acceptors (Lipinski definition) is 8. The minimum atomic E-state index is -0.471. The minimum Gasteiger partial charge on any atom is -0.668 e. The Labute approximate surface area is 292 Å². The molecule has 0 aromatic heterocycles. The molecule has 2 N–H and O–H groups in total. The summed E-state index contributed by atoms with van der Waals surface area (Å²) in [7, 11) is 3.50. The molecule has 0 spiro atoms. The first-order valence-corrected chi connectivity index (χ1v) is 15.0. The molecule has 2 saturated heterocycles. The number of rotatable bonds is 11. The van der Waals surface area contributed by atoms with Crippen molar-refractivity contribution in [1.82, 2.24) is 10.6 Å². The van der Waals surface area contributed by atoms with E-state index in [0.717, 1.165) is 45.1 Å². The fraction of sp³-hybridized carbons (Fsp3) is 0.457. The number of ketones is 2. The molecule has 2 unspecified atom stereocenters. The number of Topliss-reactive ketones (excluding diaryl/α,β-unsaturated/α-hetero) is 2. The monoisotopic (exact) mass is 739 g/mol. The summed E-state index contributed by atoms with van der Waals surface area (Å²) in [6, 6.07) is 6.46. The van der Waals surface area contributed by atoms with Crippen LogP contribution < -0.4 is 20.1 Å². The topological polar surface area (TPSA) is 150 Å². The van der Waals surface area contributed by atoms with Gasteiger partial charge in [0.2, 0.25) is 11.8 Å². The third-order valence-electron chi connectivity index (χ3n) is 7.54. The van der Waals surface area contributed by atoms with Gasteiger partial charge in [-0.1, -0.05) is 0 Å². The quantitative estimate of drug-likeness (QED) is 0.181. The van der Waals surface area contributed by atoms with E-state index in [2.05, 4.69) is 16.0 Å². The molecule has 2 aromatic rings. The number of ether oxygens (including phenoxy) is 2. The Balaban J connectivity index is 0.00000213. The van der Waals surface area contributed by atoms with Crippen molar-refractivity contribution in [2.45, 2.75) is 79.3 Å². The minimum absolute atomic E-state index is 0. The predicted octanol–water partition coefficient (Wildman–Crippen LogP) is 5.33. The summed E-state index contributed by atoms with van der Waals surface area (Å²) in [5.74, 6) is 0.667. The van der Waals surface area contributed by atoms with E-state index in [1.54, 1.807) is 14.1 Å². The van der Waals surface area contributed by atoms with Gasteiger partial charge in [0, 0.05) is 12.8 Å². The van der Waals surface area contributed by atoms with Crippen LogP contribution in [-0.2, 0) is 39.6 Å². The van der Waals surface area contributed by atoms with E-state index in [0.29, 0.717) is 37.2 Å². The molecule has 2 heterocycles. The molecule has 4 rings (SSSR count). The zero-order valence-electron chi connectivity index (χ0n) is 28.8. The largest absolute Gasteiger partial charge is 2.00 e. The maximum absolute atomic E-state index is 12.3. The number of carbonyl (C=O) groups excluding carboxylic acids is 4. The normalized spacial score (nSPS) is 17.4. The number of nitrogens with one attached hydrogen (secondary N) is 2. The second kappa shape index (κ2) is 19.2. The molecule has 11 nitrogen and oxygen atoms in total. The molecule has 0 radical (unpaired) electrons. The smallest absolute Gasteiger partial charge is 0.668 e. The first kappa shape index (κ1) is 41.3. The van der Waals surface area contributed by atoms with Crippen molar-refractivity contribution in [1.29, 1.82) is 0 Å². The standard InChI is InChI=1S/C32H38N4O6.C2H6N.CH3.Pd/c1-17-11-23(41-15-27(37)25-7-9-29(39)35-25)12-18(2)31(17)33-21(5)22(6)34-32-19(3)13-24(14-20(32)4)42-16-28(38)26-8-10-30(40)36-26;1-3-2;;/h11-14,25-26H,7-10,15-16H2,1-6H3,(H,35,39)(H,36,40);1-2H3;1H3;/q;2*-1;+2. The Morgan fingerprint density at radius 1 is 0.723 bits per heavy atom. The van der Waals surface area contributed by atoms with Crippen LogP contribution in [0.4, 0.5) is 11.4 Å². The summed E-state index contributed by atoms with van der Waals surface area (Å²) in [5, 5.41) is 8.85. The maximum Gasteiger partial charge on any atom is 2.00 e. The number of hydrogen-bond donors (Lipinski definition) is 2. The number of aliphatic imine (C=N–C) groups is 2. The Bertz CT molecular complexity index is 1360. The zero-order chi connectivity index (χ0) is 33.3. The number of aryl methyl sites for hydroxylation is 4. The average molecular weight is 740 g/mol. The maximum atomic E-state index is 12.3. The zero-order valence-corrected chi connectivity index (χ0v) is 30.4. The molecule has 47 heavy (non-hydrogen) atoms. The van der Waals surface area contributed by atoms with Gasteiger partial charge in [0.15, 0.2) is 11.6 Å². The molecule has 0 saturated carbocycles. The summed E-state index contributed by atoms with van der Waals surface area (Å²) >= 11 is 0. The van der Waals surface area contributed by atoms with Gasteiger partial charge in [-0.2, -0.15) is 14.1 Å². The van der Waals surface area contributed by atoms with Crippen molar-refractivity contribution < 1.29 is 49.1 Å². The molecular weight excluding hydrogens is 693 g/mol. The van der Waals surface area contributed by atoms with Crippen molar-refractivity contribution in [3.63, 3.8) is 0 Å². The second-order valence-electron chi connectivity index (χ2n) is 11.5. The van der Waals surface area contributed by atoms with E-state index in [1.807, 2.05) is 65.8 Å². The molecule has 2 aliphatic rings. The van der Waals surface area contributed by atoms with Gasteiger partial charge < -0.3 is 32.9 Å². The third kappa shape index (κ3) is 11.8. The fourth-order valence-corrected chi connectivity index (χ4v) is 5.07. The van der Waals surface area contributed by atoms with E-state index in [1.165, 1.54) is 0 Å². The number of carbonyl (C=O) groups is 4. The first-order chi connectivity index (χ1) is 21.3. The average Bonchev–Trinajstić information content (AvgIpc) is 3.62. The molecule has 2 aliphatic heterocycles. The van der Waals surface area contributed by atoms with E-state index in [-0.39, 0.29) is 64.4 Å². The van der Waals surface area contributed by atoms with Crippen LogP contribution in [0.2, 0.25) is 0 Å². The van der Waals surface area contributed by atoms with Crippen molar-refractivity contribution in [3.8, 4) is 11.5 Å². The summed E-state index contributed by atoms with van der Waals surface area (Å²) in [6.45, 7) is 11.4. The van der Waals surface area contributed by atoms with Crippen molar-refractivity contribution in [3.05, 3.63) is 59.3 Å². The summed E-state index contributed by atoms with van der Waals surface area (Å²) in [6.07, 6.45) is 1.75. The van der Waals surface area contributed by atoms with E-state index >= 15 is 0 Å². The van der Waals surface area contributed by atoms with Crippen LogP contribution in [0, 0.1) is 35.1 Å². The van der Waals surface area contributed by atoms with E-state index in [4.69, 9.17) is 19.5 Å². The molecule has 2 amide bonds. The molecular formula is C35H47N5O6Pd.